The van der Waals surface area contributed by atoms with Crippen molar-refractivity contribution in [3.05, 3.63) is 29.6 Å². The van der Waals surface area contributed by atoms with Gasteiger partial charge in [0.15, 0.2) is 0 Å². The van der Waals surface area contributed by atoms with Crippen molar-refractivity contribution in [2.75, 3.05) is 7.11 Å². The molecular weight excluding hydrogens is 287 g/mol. The van der Waals surface area contributed by atoms with E-state index in [1.165, 1.54) is 25.3 Å². The van der Waals surface area contributed by atoms with Crippen molar-refractivity contribution >= 4 is 16.9 Å². The Hall–Kier alpha value is -2.09. The summed E-state index contributed by atoms with van der Waals surface area (Å²) >= 11 is 0. The number of alkyl halides is 3. The molecule has 8 heteroatoms. The minimum absolute atomic E-state index is 0.111. The van der Waals surface area contributed by atoms with Crippen LogP contribution in [0.4, 0.5) is 13.2 Å². The Bertz CT molecular complexity index is 677. The van der Waals surface area contributed by atoms with Crippen LogP contribution in [0.5, 0.6) is 0 Å². The van der Waals surface area contributed by atoms with Gasteiger partial charge < -0.3 is 4.57 Å². The molecule has 21 heavy (non-hydrogen) atoms. The van der Waals surface area contributed by atoms with Gasteiger partial charge in [-0.3, -0.25) is 9.63 Å². The highest BCUT2D eigenvalue weighted by Gasteiger charge is 2.38. The Morgan fingerprint density at radius 1 is 1.38 bits per heavy atom. The number of aromatic nitrogens is 2. The van der Waals surface area contributed by atoms with Crippen LogP contribution in [0.3, 0.4) is 0 Å². The molecule has 1 aromatic carbocycles. The number of nitrogens with zero attached hydrogens (tertiary/aromatic N) is 2. The lowest BCUT2D eigenvalue weighted by atomic mass is 10.2. The average molecular weight is 301 g/mol. The van der Waals surface area contributed by atoms with Gasteiger partial charge in [0.25, 0.3) is 5.91 Å². The number of rotatable bonds is 3. The lowest BCUT2D eigenvalue weighted by molar-refractivity contribution is -0.147. The topological polar surface area (TPSA) is 56.1 Å². The van der Waals surface area contributed by atoms with Crippen LogP contribution in [0.15, 0.2) is 18.2 Å². The van der Waals surface area contributed by atoms with Crippen LogP contribution in [0.25, 0.3) is 11.0 Å². The summed E-state index contributed by atoms with van der Waals surface area (Å²) in [5, 5.41) is 0. The van der Waals surface area contributed by atoms with Gasteiger partial charge in [0.05, 0.1) is 18.1 Å². The molecule has 0 spiro atoms. The van der Waals surface area contributed by atoms with Crippen LogP contribution in [-0.4, -0.2) is 22.6 Å². The lowest BCUT2D eigenvalue weighted by Gasteiger charge is -2.14. The predicted molar refractivity (Wildman–Crippen MR) is 69.6 cm³/mol. The molecule has 1 heterocycles. The van der Waals surface area contributed by atoms with Gasteiger partial charge in [0.1, 0.15) is 0 Å². The van der Waals surface area contributed by atoms with Gasteiger partial charge in [-0.05, 0) is 32.0 Å². The van der Waals surface area contributed by atoms with Crippen molar-refractivity contribution < 1.29 is 22.8 Å². The minimum Gasteiger partial charge on any atom is -0.318 e. The second-order valence-corrected chi connectivity index (χ2v) is 4.74. The first-order chi connectivity index (χ1) is 9.75. The summed E-state index contributed by atoms with van der Waals surface area (Å²) < 4.78 is 40.2. The van der Waals surface area contributed by atoms with E-state index in [1.807, 2.05) is 0 Å². The molecule has 0 aliphatic rings. The zero-order valence-corrected chi connectivity index (χ0v) is 11.7. The monoisotopic (exact) mass is 301 g/mol. The van der Waals surface area contributed by atoms with Gasteiger partial charge in [0.2, 0.25) is 5.82 Å². The van der Waals surface area contributed by atoms with Crippen molar-refractivity contribution in [3.63, 3.8) is 0 Å². The predicted octanol–water partition coefficient (Wildman–Crippen LogP) is 2.93. The van der Waals surface area contributed by atoms with Gasteiger partial charge in [-0.2, -0.15) is 13.2 Å². The SMILES string of the molecule is CONC(=O)c1ccc2c(c1)nc(C(F)(F)F)n2C(C)C. The van der Waals surface area contributed by atoms with Crippen molar-refractivity contribution in [2.24, 2.45) is 0 Å². The maximum Gasteiger partial charge on any atom is 0.449 e. The highest BCUT2D eigenvalue weighted by molar-refractivity contribution is 5.96. The van der Waals surface area contributed by atoms with Crippen molar-refractivity contribution in [2.45, 2.75) is 26.1 Å². The van der Waals surface area contributed by atoms with E-state index in [9.17, 15) is 18.0 Å². The van der Waals surface area contributed by atoms with E-state index < -0.39 is 23.9 Å². The smallest absolute Gasteiger partial charge is 0.318 e. The number of amides is 1. The zero-order valence-electron chi connectivity index (χ0n) is 11.7. The molecule has 0 radical (unpaired) electrons. The zero-order chi connectivity index (χ0) is 15.8. The molecule has 114 valence electrons. The summed E-state index contributed by atoms with van der Waals surface area (Å²) in [6, 6.07) is 3.77. The summed E-state index contributed by atoms with van der Waals surface area (Å²) in [4.78, 5) is 19.7. The number of nitrogens with one attached hydrogen (secondary N) is 1. The molecule has 2 rings (SSSR count). The molecule has 0 saturated carbocycles. The van der Waals surface area contributed by atoms with Crippen LogP contribution >= 0.6 is 0 Å². The standard InChI is InChI=1S/C13H14F3N3O2/c1-7(2)19-10-5-4-8(11(20)18-21-3)6-9(10)17-12(19)13(14,15)16/h4-7H,1-3H3,(H,18,20). The third-order valence-corrected chi connectivity index (χ3v) is 2.92. The molecule has 0 fully saturated rings. The number of carbonyl (C=O) groups excluding carboxylic acids is 1. The van der Waals surface area contributed by atoms with Crippen molar-refractivity contribution in [1.29, 1.82) is 0 Å². The molecule has 0 bridgehead atoms. The maximum absolute atomic E-state index is 13.0. The van der Waals surface area contributed by atoms with Gasteiger partial charge >= 0.3 is 6.18 Å². The fourth-order valence-electron chi connectivity index (χ4n) is 2.11. The number of hydrogen-bond acceptors (Lipinski definition) is 3. The molecule has 1 aromatic heterocycles. The van der Waals surface area contributed by atoms with E-state index >= 15 is 0 Å². The molecule has 5 nitrogen and oxygen atoms in total. The maximum atomic E-state index is 13.0. The fraction of sp³-hybridized carbons (Fsp3) is 0.385. The second-order valence-electron chi connectivity index (χ2n) is 4.74. The van der Waals surface area contributed by atoms with Crippen LogP contribution in [0.2, 0.25) is 0 Å². The van der Waals surface area contributed by atoms with Crippen LogP contribution in [0.1, 0.15) is 36.1 Å². The van der Waals surface area contributed by atoms with Gasteiger partial charge in [-0.1, -0.05) is 0 Å². The number of imidazole rings is 1. The Kier molecular flexibility index (Phi) is 3.91. The summed E-state index contributed by atoms with van der Waals surface area (Å²) in [5.41, 5.74) is 2.71. The van der Waals surface area contributed by atoms with E-state index in [0.29, 0.717) is 5.52 Å². The lowest BCUT2D eigenvalue weighted by Crippen LogP contribution is -2.21. The first-order valence-electron chi connectivity index (χ1n) is 6.18. The third-order valence-electron chi connectivity index (χ3n) is 2.92. The first kappa shape index (κ1) is 15.3. The molecule has 1 N–H and O–H groups in total. The fourth-order valence-corrected chi connectivity index (χ4v) is 2.11. The molecule has 0 aliphatic heterocycles. The average Bonchev–Trinajstić information content (AvgIpc) is 2.77. The number of hydrogen-bond donors (Lipinski definition) is 1. The molecule has 1 amide bonds. The van der Waals surface area contributed by atoms with E-state index in [2.05, 4.69) is 15.3 Å². The summed E-state index contributed by atoms with van der Waals surface area (Å²) in [6.45, 7) is 3.28. The quantitative estimate of drug-likeness (QED) is 0.887. The van der Waals surface area contributed by atoms with Gasteiger partial charge in [-0.25, -0.2) is 10.5 Å². The summed E-state index contributed by atoms with van der Waals surface area (Å²) in [5.74, 6) is -1.52. The highest BCUT2D eigenvalue weighted by atomic mass is 19.4. The largest absolute Gasteiger partial charge is 0.449 e. The Balaban J connectivity index is 2.62. The number of halogens is 3. The van der Waals surface area contributed by atoms with Gasteiger partial charge in [-0.15, -0.1) is 0 Å². The molecule has 0 aliphatic carbocycles. The Morgan fingerprint density at radius 2 is 2.05 bits per heavy atom. The number of benzene rings is 1. The normalized spacial score (nSPS) is 12.1. The Morgan fingerprint density at radius 3 is 2.57 bits per heavy atom. The number of carbonyl (C=O) groups is 1. The number of fused-ring (bicyclic) bond motifs is 1. The minimum atomic E-state index is -4.56. The number of hydroxylamine groups is 1. The highest BCUT2D eigenvalue weighted by Crippen LogP contribution is 2.33. The third kappa shape index (κ3) is 2.85. The van der Waals surface area contributed by atoms with Crippen LogP contribution in [0, 0.1) is 0 Å². The Labute approximate surface area is 118 Å². The molecule has 0 unspecified atom stereocenters. The molecule has 0 atom stereocenters. The molecule has 0 saturated heterocycles. The summed E-state index contributed by atoms with van der Waals surface area (Å²) in [7, 11) is 1.27. The van der Waals surface area contributed by atoms with Crippen LogP contribution in [-0.2, 0) is 11.0 Å². The first-order valence-corrected chi connectivity index (χ1v) is 6.18. The second kappa shape index (κ2) is 5.36. The molecule has 2 aromatic rings. The molecular formula is C13H14F3N3O2. The summed E-state index contributed by atoms with van der Waals surface area (Å²) in [6.07, 6.45) is -4.56. The van der Waals surface area contributed by atoms with E-state index in [4.69, 9.17) is 0 Å². The van der Waals surface area contributed by atoms with Crippen molar-refractivity contribution in [1.82, 2.24) is 15.0 Å². The van der Waals surface area contributed by atoms with Crippen LogP contribution < -0.4 is 5.48 Å². The van der Waals surface area contributed by atoms with Crippen molar-refractivity contribution in [3.8, 4) is 0 Å². The van der Waals surface area contributed by atoms with E-state index in [-0.39, 0.29) is 11.1 Å². The van der Waals surface area contributed by atoms with E-state index in [0.717, 1.165) is 4.57 Å². The van der Waals surface area contributed by atoms with Gasteiger partial charge in [0, 0.05) is 11.6 Å². The van der Waals surface area contributed by atoms with E-state index in [1.54, 1.807) is 13.8 Å².